The quantitative estimate of drug-likeness (QED) is 0.140. The third kappa shape index (κ3) is 6.25. The van der Waals surface area contributed by atoms with Crippen molar-refractivity contribution in [3.63, 3.8) is 0 Å². The number of esters is 1. The predicted molar refractivity (Wildman–Crippen MR) is 220 cm³/mol. The maximum Gasteiger partial charge on any atom is 0.310 e. The standard InChI is InChI=1S/C48H69N3O7/c1-27(2)38-33(54)23-48(51-41(56)42(4,5)22-32(53)31-25-49-28(3)24-50-31)20-19-46(11)29(39(38)48)13-14-35-45(10)17-16-36(44(8,9)34(45)15-18-47(35,46)12)58-40(55)30-21-37(57-26-52)43(30,6)7/h24-27,29-30,34-37H,13-23H2,1-12H3,(H,51,56)/t29-,30-,34+,35-,36+,37-,45+,46-,47-,48-/m1/s1. The SMILES string of the molecule is Cc1cnc(C(=O)CC(C)(C)C(=O)N[C@@]23CC[C@]4(C)[C@H](CC[C@@H]5[C@@]6(C)CC[C@H](OC(=O)[C@H]7C[C@@H](OC=O)C7(C)C)C(C)(C)[C@@H]6CC[C@]54C)C2=C(C(C)C)C(=O)C3)cn1. The number of ether oxygens (including phenoxy) is 2. The average molecular weight is 800 g/mol. The van der Waals surface area contributed by atoms with Gasteiger partial charge in [-0.3, -0.25) is 29.0 Å². The molecule has 1 heterocycles. The fourth-order valence-corrected chi connectivity index (χ4v) is 14.2. The summed E-state index contributed by atoms with van der Waals surface area (Å²) in [7, 11) is 0. The van der Waals surface area contributed by atoms with Crippen LogP contribution in [0.5, 0.6) is 0 Å². The van der Waals surface area contributed by atoms with E-state index in [1.807, 2.05) is 34.6 Å². The molecule has 0 saturated heterocycles. The molecule has 5 fully saturated rings. The molecule has 318 valence electrons. The monoisotopic (exact) mass is 800 g/mol. The van der Waals surface area contributed by atoms with E-state index in [0.717, 1.165) is 56.2 Å². The number of amides is 1. The molecule has 0 radical (unpaired) electrons. The van der Waals surface area contributed by atoms with Crippen LogP contribution >= 0.6 is 0 Å². The van der Waals surface area contributed by atoms with Crippen LogP contribution in [0.3, 0.4) is 0 Å². The number of allylic oxidation sites excluding steroid dienone is 1. The van der Waals surface area contributed by atoms with E-state index in [9.17, 15) is 24.0 Å². The third-order valence-electron chi connectivity index (χ3n) is 17.9. The fraction of sp³-hybridized carbons (Fsp3) is 0.771. The van der Waals surface area contributed by atoms with Crippen LogP contribution in [0, 0.1) is 69.0 Å². The molecule has 0 aliphatic heterocycles. The summed E-state index contributed by atoms with van der Waals surface area (Å²) < 4.78 is 11.7. The summed E-state index contributed by atoms with van der Waals surface area (Å²) in [4.78, 5) is 75.1. The number of carbonyl (C=O) groups excluding carboxylic acids is 5. The Morgan fingerprint density at radius 1 is 0.879 bits per heavy atom. The minimum Gasteiger partial charge on any atom is -0.464 e. The highest BCUT2D eigenvalue weighted by atomic mass is 16.6. The van der Waals surface area contributed by atoms with Gasteiger partial charge in [-0.15, -0.1) is 0 Å². The number of Topliss-reactive ketones (excluding diaryl/α,β-unsaturated/α-hetero) is 2. The molecule has 6 aliphatic carbocycles. The average Bonchev–Trinajstić information content (AvgIpc) is 3.43. The van der Waals surface area contributed by atoms with Crippen LogP contribution in [0.1, 0.15) is 163 Å². The molecule has 7 rings (SSSR count). The van der Waals surface area contributed by atoms with Gasteiger partial charge in [-0.05, 0) is 116 Å². The Morgan fingerprint density at radius 3 is 2.21 bits per heavy atom. The first-order valence-electron chi connectivity index (χ1n) is 22.1. The van der Waals surface area contributed by atoms with E-state index >= 15 is 0 Å². The number of nitrogens with one attached hydrogen (secondary N) is 1. The van der Waals surface area contributed by atoms with E-state index in [2.05, 4.69) is 63.8 Å². The van der Waals surface area contributed by atoms with Gasteiger partial charge in [0.05, 0.1) is 28.8 Å². The normalized spacial score (nSPS) is 38.7. The minimum absolute atomic E-state index is 0.00195. The molecule has 5 saturated carbocycles. The first-order chi connectivity index (χ1) is 26.9. The van der Waals surface area contributed by atoms with E-state index in [1.54, 1.807) is 6.20 Å². The number of nitrogens with zero attached hydrogens (tertiary/aromatic N) is 2. The second-order valence-corrected chi connectivity index (χ2v) is 22.4. The molecule has 1 N–H and O–H groups in total. The van der Waals surface area contributed by atoms with Crippen molar-refractivity contribution in [1.29, 1.82) is 0 Å². The summed E-state index contributed by atoms with van der Waals surface area (Å²) in [6.07, 6.45) is 10.9. The second-order valence-electron chi connectivity index (χ2n) is 22.4. The summed E-state index contributed by atoms with van der Waals surface area (Å²) in [6.45, 7) is 26.3. The lowest BCUT2D eigenvalue weighted by Crippen LogP contribution is -2.67. The predicted octanol–water partition coefficient (Wildman–Crippen LogP) is 8.73. The van der Waals surface area contributed by atoms with E-state index < -0.39 is 16.4 Å². The highest BCUT2D eigenvalue weighted by molar-refractivity contribution is 6.03. The Bertz CT molecular complexity index is 1910. The molecular formula is C48H69N3O7. The number of aryl methyl sites for hydroxylation is 1. The maximum absolute atomic E-state index is 14.4. The Hall–Kier alpha value is -3.43. The molecule has 10 heteroatoms. The lowest BCUT2D eigenvalue weighted by Gasteiger charge is -2.72. The zero-order valence-electron chi connectivity index (χ0n) is 37.3. The third-order valence-corrected chi connectivity index (χ3v) is 17.9. The van der Waals surface area contributed by atoms with Gasteiger partial charge in [0, 0.05) is 29.9 Å². The van der Waals surface area contributed by atoms with Crippen molar-refractivity contribution < 1.29 is 33.4 Å². The van der Waals surface area contributed by atoms with Crippen molar-refractivity contribution >= 4 is 29.9 Å². The minimum atomic E-state index is -1.02. The largest absolute Gasteiger partial charge is 0.464 e. The van der Waals surface area contributed by atoms with Crippen LogP contribution in [0.2, 0.25) is 0 Å². The van der Waals surface area contributed by atoms with Gasteiger partial charge in [-0.2, -0.15) is 0 Å². The van der Waals surface area contributed by atoms with Crippen LogP contribution in [0.15, 0.2) is 23.5 Å². The van der Waals surface area contributed by atoms with Crippen molar-refractivity contribution in [3.05, 3.63) is 34.9 Å². The smallest absolute Gasteiger partial charge is 0.310 e. The van der Waals surface area contributed by atoms with Crippen LogP contribution in [0.4, 0.5) is 0 Å². The number of ketones is 2. The van der Waals surface area contributed by atoms with Crippen molar-refractivity contribution in [2.75, 3.05) is 0 Å². The Labute approximate surface area is 346 Å². The lowest BCUT2D eigenvalue weighted by atomic mass is 9.33. The van der Waals surface area contributed by atoms with Gasteiger partial charge < -0.3 is 14.8 Å². The number of fused-ring (bicyclic) bond motifs is 7. The molecule has 10 atom stereocenters. The van der Waals surface area contributed by atoms with Crippen molar-refractivity contribution in [2.45, 2.75) is 171 Å². The van der Waals surface area contributed by atoms with E-state index in [-0.39, 0.29) is 93.6 Å². The molecular weight excluding hydrogens is 731 g/mol. The van der Waals surface area contributed by atoms with Gasteiger partial charge >= 0.3 is 5.97 Å². The lowest BCUT2D eigenvalue weighted by molar-refractivity contribution is -0.236. The molecule has 1 amide bonds. The first-order valence-corrected chi connectivity index (χ1v) is 22.1. The number of rotatable bonds is 10. The summed E-state index contributed by atoms with van der Waals surface area (Å²) in [6, 6.07) is 0. The Morgan fingerprint density at radius 2 is 1.59 bits per heavy atom. The Balaban J connectivity index is 1.13. The summed E-state index contributed by atoms with van der Waals surface area (Å²) in [5, 5.41) is 3.49. The molecule has 0 aromatic carbocycles. The zero-order valence-corrected chi connectivity index (χ0v) is 37.3. The van der Waals surface area contributed by atoms with Gasteiger partial charge in [0.2, 0.25) is 5.91 Å². The van der Waals surface area contributed by atoms with Gasteiger partial charge in [0.1, 0.15) is 17.9 Å². The number of hydrogen-bond acceptors (Lipinski definition) is 9. The molecule has 6 aliphatic rings. The van der Waals surface area contributed by atoms with Crippen molar-refractivity contribution in [2.24, 2.45) is 62.1 Å². The molecule has 1 aromatic heterocycles. The molecule has 0 spiro atoms. The Kier molecular flexibility index (Phi) is 10.4. The summed E-state index contributed by atoms with van der Waals surface area (Å²) in [5.74, 6) is 0.281. The van der Waals surface area contributed by atoms with Crippen LogP contribution < -0.4 is 5.32 Å². The van der Waals surface area contributed by atoms with E-state index in [4.69, 9.17) is 9.47 Å². The number of carbonyl (C=O) groups is 5. The zero-order chi connectivity index (χ0) is 42.6. The summed E-state index contributed by atoms with van der Waals surface area (Å²) >= 11 is 0. The van der Waals surface area contributed by atoms with E-state index in [0.29, 0.717) is 31.1 Å². The van der Waals surface area contributed by atoms with Crippen LogP contribution in [-0.4, -0.2) is 57.6 Å². The molecule has 10 nitrogen and oxygen atoms in total. The number of aromatic nitrogens is 2. The van der Waals surface area contributed by atoms with Gasteiger partial charge in [0.15, 0.2) is 11.6 Å². The molecule has 0 unspecified atom stereocenters. The topological polar surface area (TPSA) is 142 Å². The molecule has 1 aromatic rings. The summed E-state index contributed by atoms with van der Waals surface area (Å²) in [5.41, 5.74) is 0.566. The van der Waals surface area contributed by atoms with Crippen molar-refractivity contribution in [3.8, 4) is 0 Å². The first kappa shape index (κ1) is 42.7. The van der Waals surface area contributed by atoms with Gasteiger partial charge in [-0.1, -0.05) is 76.2 Å². The fourth-order valence-electron chi connectivity index (χ4n) is 14.2. The second kappa shape index (κ2) is 14.1. The number of hydrogen-bond donors (Lipinski definition) is 1. The highest BCUT2D eigenvalue weighted by Gasteiger charge is 2.70. The van der Waals surface area contributed by atoms with Gasteiger partial charge in [-0.25, -0.2) is 4.98 Å². The highest BCUT2D eigenvalue weighted by Crippen LogP contribution is 2.76. The molecule has 0 bridgehead atoms. The van der Waals surface area contributed by atoms with Crippen LogP contribution in [0.25, 0.3) is 0 Å². The van der Waals surface area contributed by atoms with Gasteiger partial charge in [0.25, 0.3) is 6.47 Å². The van der Waals surface area contributed by atoms with E-state index in [1.165, 1.54) is 11.8 Å². The maximum atomic E-state index is 14.4. The van der Waals surface area contributed by atoms with Crippen LogP contribution in [-0.2, 0) is 28.7 Å². The molecule has 58 heavy (non-hydrogen) atoms. The van der Waals surface area contributed by atoms with Crippen molar-refractivity contribution in [1.82, 2.24) is 15.3 Å².